The van der Waals surface area contributed by atoms with Gasteiger partial charge in [0.15, 0.2) is 0 Å². The van der Waals surface area contributed by atoms with Crippen LogP contribution in [0.15, 0.2) is 24.3 Å². The Balaban J connectivity index is 2.18. The maximum atomic E-state index is 11.7. The fourth-order valence-corrected chi connectivity index (χ4v) is 2.43. The van der Waals surface area contributed by atoms with Gasteiger partial charge in [0.25, 0.3) is 5.91 Å². The van der Waals surface area contributed by atoms with Gasteiger partial charge in [0.05, 0.1) is 12.6 Å². The predicted octanol–water partition coefficient (Wildman–Crippen LogP) is 1.74. The van der Waals surface area contributed by atoms with Crippen molar-refractivity contribution in [2.75, 3.05) is 13.2 Å². The number of benzene rings is 1. The van der Waals surface area contributed by atoms with E-state index in [-0.39, 0.29) is 11.9 Å². The maximum absolute atomic E-state index is 11.7. The lowest BCUT2D eigenvalue weighted by atomic mass is 10.0. The van der Waals surface area contributed by atoms with Crippen molar-refractivity contribution in [3.63, 3.8) is 0 Å². The number of ether oxygens (including phenoxy) is 1. The number of amides is 1. The Morgan fingerprint density at radius 3 is 2.56 bits per heavy atom. The van der Waals surface area contributed by atoms with Crippen molar-refractivity contribution in [2.45, 2.75) is 32.4 Å². The second-order valence-electron chi connectivity index (χ2n) is 4.39. The number of hydrogen-bond donors (Lipinski definition) is 1. The first-order valence-corrected chi connectivity index (χ1v) is 6.38. The van der Waals surface area contributed by atoms with Crippen LogP contribution in [0.4, 0.5) is 0 Å². The van der Waals surface area contributed by atoms with E-state index < -0.39 is 6.10 Å². The first-order valence-electron chi connectivity index (χ1n) is 6.38. The van der Waals surface area contributed by atoms with Gasteiger partial charge >= 0.3 is 0 Å². The average molecular weight is 249 g/mol. The summed E-state index contributed by atoms with van der Waals surface area (Å²) in [7, 11) is 0. The number of nitrogens with zero attached hydrogens (tertiary/aromatic N) is 1. The third-order valence-electron chi connectivity index (χ3n) is 3.31. The molecule has 2 atom stereocenters. The van der Waals surface area contributed by atoms with E-state index >= 15 is 0 Å². The summed E-state index contributed by atoms with van der Waals surface area (Å²) in [6, 6.07) is 7.71. The van der Waals surface area contributed by atoms with E-state index in [1.165, 1.54) is 0 Å². The molecule has 1 aliphatic rings. The van der Waals surface area contributed by atoms with Crippen molar-refractivity contribution < 1.29 is 14.6 Å². The summed E-state index contributed by atoms with van der Waals surface area (Å²) < 4.78 is 5.39. The normalized spacial score (nSPS) is 23.5. The molecule has 1 fully saturated rings. The van der Waals surface area contributed by atoms with Crippen LogP contribution in [0.3, 0.4) is 0 Å². The molecule has 0 radical (unpaired) electrons. The molecule has 98 valence electrons. The second kappa shape index (κ2) is 5.40. The van der Waals surface area contributed by atoms with E-state index in [1.54, 1.807) is 4.90 Å². The van der Waals surface area contributed by atoms with Crippen molar-refractivity contribution >= 4 is 5.91 Å². The number of carbonyl (C=O) groups excluding carboxylic acids is 1. The van der Waals surface area contributed by atoms with Crippen LogP contribution in [0.5, 0.6) is 5.75 Å². The van der Waals surface area contributed by atoms with Gasteiger partial charge in [-0.25, -0.2) is 0 Å². The standard InChI is InChI=1S/C14H19NO3/c1-3-15-12(9-13(16)14(15)17)10-5-7-11(8-6-10)18-4-2/h5-8,12-13,16H,3-4,9H2,1-2H3/t12-,13-/m0/s1. The molecule has 0 aliphatic carbocycles. The summed E-state index contributed by atoms with van der Waals surface area (Å²) in [5.41, 5.74) is 1.05. The van der Waals surface area contributed by atoms with Gasteiger partial charge in [-0.05, 0) is 31.5 Å². The van der Waals surface area contributed by atoms with E-state index in [9.17, 15) is 9.90 Å². The topological polar surface area (TPSA) is 49.8 Å². The van der Waals surface area contributed by atoms with Crippen LogP contribution in [-0.2, 0) is 4.79 Å². The molecule has 0 spiro atoms. The first-order chi connectivity index (χ1) is 8.67. The Morgan fingerprint density at radius 1 is 1.33 bits per heavy atom. The first kappa shape index (κ1) is 12.9. The lowest BCUT2D eigenvalue weighted by Gasteiger charge is -2.23. The molecule has 1 aromatic carbocycles. The van der Waals surface area contributed by atoms with Crippen LogP contribution in [-0.4, -0.2) is 35.2 Å². The minimum Gasteiger partial charge on any atom is -0.494 e. The van der Waals surface area contributed by atoms with E-state index in [0.29, 0.717) is 19.6 Å². The molecule has 0 saturated carbocycles. The molecule has 1 aliphatic heterocycles. The Hall–Kier alpha value is -1.55. The Morgan fingerprint density at radius 2 is 2.00 bits per heavy atom. The van der Waals surface area contributed by atoms with Gasteiger partial charge in [0.1, 0.15) is 11.9 Å². The highest BCUT2D eigenvalue weighted by Gasteiger charge is 2.37. The van der Waals surface area contributed by atoms with Gasteiger partial charge in [0.2, 0.25) is 0 Å². The minimum absolute atomic E-state index is 0.0202. The Bertz CT molecular complexity index is 416. The van der Waals surface area contributed by atoms with Crippen LogP contribution >= 0.6 is 0 Å². The smallest absolute Gasteiger partial charge is 0.252 e. The lowest BCUT2D eigenvalue weighted by Crippen LogP contribution is -2.30. The molecule has 0 bridgehead atoms. The zero-order chi connectivity index (χ0) is 13.1. The highest BCUT2D eigenvalue weighted by Crippen LogP contribution is 2.33. The van der Waals surface area contributed by atoms with Crippen molar-refractivity contribution in [1.82, 2.24) is 4.90 Å². The minimum atomic E-state index is -0.860. The van der Waals surface area contributed by atoms with E-state index in [4.69, 9.17) is 4.74 Å². The molecule has 0 unspecified atom stereocenters. The van der Waals surface area contributed by atoms with Gasteiger partial charge in [0, 0.05) is 13.0 Å². The highest BCUT2D eigenvalue weighted by atomic mass is 16.5. The SMILES string of the molecule is CCOc1ccc([C@@H]2C[C@H](O)C(=O)N2CC)cc1. The molecule has 4 heteroatoms. The number of likely N-dealkylation sites (N-methyl/N-ethyl adjacent to an activating group) is 1. The van der Waals surface area contributed by atoms with Gasteiger partial charge in [-0.15, -0.1) is 0 Å². The van der Waals surface area contributed by atoms with Crippen molar-refractivity contribution in [3.05, 3.63) is 29.8 Å². The summed E-state index contributed by atoms with van der Waals surface area (Å²) in [5.74, 6) is 0.658. The largest absolute Gasteiger partial charge is 0.494 e. The highest BCUT2D eigenvalue weighted by molar-refractivity contribution is 5.83. The summed E-state index contributed by atoms with van der Waals surface area (Å²) in [6.07, 6.45) is -0.387. The molecule has 0 aromatic heterocycles. The molecule has 1 amide bonds. The molecule has 18 heavy (non-hydrogen) atoms. The number of rotatable bonds is 4. The van der Waals surface area contributed by atoms with Crippen molar-refractivity contribution in [1.29, 1.82) is 0 Å². The van der Waals surface area contributed by atoms with E-state index in [2.05, 4.69) is 0 Å². The van der Waals surface area contributed by atoms with E-state index in [1.807, 2.05) is 38.1 Å². The number of hydrogen-bond acceptors (Lipinski definition) is 3. The second-order valence-corrected chi connectivity index (χ2v) is 4.39. The monoisotopic (exact) mass is 249 g/mol. The quantitative estimate of drug-likeness (QED) is 0.884. The third kappa shape index (κ3) is 2.34. The van der Waals surface area contributed by atoms with Crippen molar-refractivity contribution in [3.8, 4) is 5.75 Å². The van der Waals surface area contributed by atoms with Crippen molar-refractivity contribution in [2.24, 2.45) is 0 Å². The Kier molecular flexibility index (Phi) is 3.87. The summed E-state index contributed by atoms with van der Waals surface area (Å²) in [5, 5.41) is 9.65. The van der Waals surface area contributed by atoms with Gasteiger partial charge < -0.3 is 14.7 Å². The Labute approximate surface area is 107 Å². The number of carbonyl (C=O) groups is 1. The van der Waals surface area contributed by atoms with Gasteiger partial charge in [-0.3, -0.25) is 4.79 Å². The number of aliphatic hydroxyl groups excluding tert-OH is 1. The molecule has 4 nitrogen and oxygen atoms in total. The van der Waals surface area contributed by atoms with Crippen LogP contribution in [0.1, 0.15) is 31.9 Å². The molecule has 1 heterocycles. The lowest BCUT2D eigenvalue weighted by molar-refractivity contribution is -0.135. The van der Waals surface area contributed by atoms with Crippen LogP contribution in [0, 0.1) is 0 Å². The molecule has 2 rings (SSSR count). The molecule has 1 saturated heterocycles. The zero-order valence-corrected chi connectivity index (χ0v) is 10.8. The summed E-state index contributed by atoms with van der Waals surface area (Å²) in [6.45, 7) is 5.13. The number of aliphatic hydroxyl groups is 1. The summed E-state index contributed by atoms with van der Waals surface area (Å²) in [4.78, 5) is 13.5. The fraction of sp³-hybridized carbons (Fsp3) is 0.500. The molecule has 1 N–H and O–H groups in total. The van der Waals surface area contributed by atoms with Crippen LogP contribution < -0.4 is 4.74 Å². The van der Waals surface area contributed by atoms with E-state index in [0.717, 1.165) is 11.3 Å². The fourth-order valence-electron chi connectivity index (χ4n) is 2.43. The predicted molar refractivity (Wildman–Crippen MR) is 68.4 cm³/mol. The molecule has 1 aromatic rings. The van der Waals surface area contributed by atoms with Crippen LogP contribution in [0.2, 0.25) is 0 Å². The number of likely N-dealkylation sites (tertiary alicyclic amines) is 1. The maximum Gasteiger partial charge on any atom is 0.252 e. The van der Waals surface area contributed by atoms with Crippen LogP contribution in [0.25, 0.3) is 0 Å². The average Bonchev–Trinajstić information content (AvgIpc) is 2.67. The zero-order valence-electron chi connectivity index (χ0n) is 10.8. The van der Waals surface area contributed by atoms with Gasteiger partial charge in [-0.2, -0.15) is 0 Å². The molecular formula is C14H19NO3. The third-order valence-corrected chi connectivity index (χ3v) is 3.31. The molecular weight excluding hydrogens is 230 g/mol. The summed E-state index contributed by atoms with van der Waals surface area (Å²) >= 11 is 0. The van der Waals surface area contributed by atoms with Gasteiger partial charge in [-0.1, -0.05) is 12.1 Å².